The number of hydrogen-bond acceptors (Lipinski definition) is 5. The molecule has 26 heavy (non-hydrogen) atoms. The fourth-order valence-electron chi connectivity index (χ4n) is 3.18. The number of hydrogen-bond donors (Lipinski definition) is 0. The third-order valence-corrected chi connectivity index (χ3v) is 5.51. The Morgan fingerprint density at radius 1 is 1.23 bits per heavy atom. The average molecular weight is 393 g/mol. The first-order valence-corrected chi connectivity index (χ1v) is 9.20. The van der Waals surface area contributed by atoms with Crippen molar-refractivity contribution in [3.05, 3.63) is 16.3 Å². The largest absolute Gasteiger partial charge is 0.465 e. The van der Waals surface area contributed by atoms with E-state index in [4.69, 9.17) is 9.47 Å². The monoisotopic (exact) mass is 393 g/mol. The summed E-state index contributed by atoms with van der Waals surface area (Å²) in [6, 6.07) is 1.64. The van der Waals surface area contributed by atoms with Gasteiger partial charge in [0.25, 0.3) is 0 Å². The predicted octanol–water partition coefficient (Wildman–Crippen LogP) is 3.88. The minimum Gasteiger partial charge on any atom is -0.465 e. The van der Waals surface area contributed by atoms with Crippen LogP contribution in [0.4, 0.5) is 18.9 Å². The van der Waals surface area contributed by atoms with E-state index < -0.39 is 24.0 Å². The van der Waals surface area contributed by atoms with Crippen LogP contribution in [0.2, 0.25) is 0 Å². The molecular formula is C17H22F3NO4S. The first-order chi connectivity index (χ1) is 12.3. The molecule has 0 bridgehead atoms. The Bertz CT molecular complexity index is 624. The smallest absolute Gasteiger partial charge is 0.391 e. The fourth-order valence-corrected chi connectivity index (χ4v) is 3.99. The van der Waals surface area contributed by atoms with Crippen LogP contribution in [0.5, 0.6) is 0 Å². The van der Waals surface area contributed by atoms with Crippen molar-refractivity contribution in [2.24, 2.45) is 11.8 Å². The summed E-state index contributed by atoms with van der Waals surface area (Å²) in [6.07, 6.45) is -3.94. The highest BCUT2D eigenvalue weighted by Crippen LogP contribution is 2.40. The number of ether oxygens (including phenoxy) is 2. The zero-order chi connectivity index (χ0) is 19.3. The molecule has 1 aliphatic carbocycles. The molecule has 0 unspecified atom stereocenters. The average Bonchev–Trinajstić information content (AvgIpc) is 3.10. The molecule has 1 fully saturated rings. The maximum atomic E-state index is 13.0. The van der Waals surface area contributed by atoms with Crippen LogP contribution in [0.25, 0.3) is 0 Å². The van der Waals surface area contributed by atoms with Crippen molar-refractivity contribution in [1.29, 1.82) is 0 Å². The normalized spacial score (nSPS) is 20.7. The number of rotatable bonds is 6. The van der Waals surface area contributed by atoms with Crippen molar-refractivity contribution in [2.45, 2.75) is 31.9 Å². The second kappa shape index (κ2) is 8.85. The molecule has 0 N–H and O–H groups in total. The van der Waals surface area contributed by atoms with E-state index in [1.54, 1.807) is 11.4 Å². The summed E-state index contributed by atoms with van der Waals surface area (Å²) < 4.78 is 48.3. The van der Waals surface area contributed by atoms with E-state index in [0.717, 1.165) is 11.3 Å². The van der Waals surface area contributed by atoms with Crippen LogP contribution in [0, 0.1) is 11.8 Å². The number of anilines is 1. The quantitative estimate of drug-likeness (QED) is 0.689. The van der Waals surface area contributed by atoms with Gasteiger partial charge in [0.05, 0.1) is 25.3 Å². The summed E-state index contributed by atoms with van der Waals surface area (Å²) in [5.41, 5.74) is 0.418. The topological polar surface area (TPSA) is 55.8 Å². The summed E-state index contributed by atoms with van der Waals surface area (Å²) >= 11 is 1.15. The van der Waals surface area contributed by atoms with Crippen LogP contribution in [-0.2, 0) is 14.3 Å². The Morgan fingerprint density at radius 3 is 2.42 bits per heavy atom. The molecule has 0 aromatic carbocycles. The van der Waals surface area contributed by atoms with Gasteiger partial charge < -0.3 is 14.4 Å². The fraction of sp³-hybridized carbons (Fsp3) is 0.647. The maximum absolute atomic E-state index is 13.0. The van der Waals surface area contributed by atoms with Gasteiger partial charge >= 0.3 is 12.1 Å². The number of nitrogens with zero attached hydrogens (tertiary/aromatic N) is 1. The Balaban J connectivity index is 2.16. The molecule has 0 aliphatic heterocycles. The number of methoxy groups -OCH3 is 2. The van der Waals surface area contributed by atoms with Crippen LogP contribution >= 0.6 is 11.3 Å². The predicted molar refractivity (Wildman–Crippen MR) is 91.4 cm³/mol. The van der Waals surface area contributed by atoms with Gasteiger partial charge in [-0.05, 0) is 37.1 Å². The summed E-state index contributed by atoms with van der Waals surface area (Å²) in [6.45, 7) is 0.468. The van der Waals surface area contributed by atoms with E-state index in [1.807, 2.05) is 0 Å². The van der Waals surface area contributed by atoms with Crippen molar-refractivity contribution < 1.29 is 32.2 Å². The molecule has 0 saturated heterocycles. The Kier molecular flexibility index (Phi) is 7.05. The van der Waals surface area contributed by atoms with Gasteiger partial charge in [0.2, 0.25) is 5.91 Å². The molecule has 5 nitrogen and oxygen atoms in total. The van der Waals surface area contributed by atoms with Crippen molar-refractivity contribution in [2.75, 3.05) is 32.3 Å². The highest BCUT2D eigenvalue weighted by molar-refractivity contribution is 7.12. The molecule has 1 aliphatic rings. The highest BCUT2D eigenvalue weighted by Gasteiger charge is 2.43. The number of alkyl halides is 3. The maximum Gasteiger partial charge on any atom is 0.391 e. The van der Waals surface area contributed by atoms with Gasteiger partial charge in [0, 0.05) is 19.6 Å². The van der Waals surface area contributed by atoms with Crippen LogP contribution in [-0.4, -0.2) is 45.4 Å². The van der Waals surface area contributed by atoms with Gasteiger partial charge in [0.15, 0.2) is 0 Å². The molecule has 146 valence electrons. The molecule has 1 aromatic rings. The lowest BCUT2D eigenvalue weighted by Gasteiger charge is -2.32. The van der Waals surface area contributed by atoms with Gasteiger partial charge in [-0.25, -0.2) is 4.79 Å². The van der Waals surface area contributed by atoms with Crippen molar-refractivity contribution in [1.82, 2.24) is 0 Å². The standard InChI is InChI=1S/C17H22F3NO4S/c1-24-9-8-21(13-7-10-26-14(13)16(23)25-2)15(22)11-3-5-12(6-4-11)17(18,19)20/h7,10-12H,3-6,8-9H2,1-2H3/t11-,12-. The Hall–Kier alpha value is -1.61. The van der Waals surface area contributed by atoms with E-state index in [2.05, 4.69) is 0 Å². The van der Waals surface area contributed by atoms with Crippen LogP contribution in [0.3, 0.4) is 0 Å². The van der Waals surface area contributed by atoms with Crippen LogP contribution in [0.1, 0.15) is 35.4 Å². The minimum atomic E-state index is -4.21. The number of carbonyl (C=O) groups is 2. The number of amides is 1. The number of halogens is 3. The lowest BCUT2D eigenvalue weighted by atomic mass is 9.81. The molecule has 0 spiro atoms. The second-order valence-corrected chi connectivity index (χ2v) is 7.12. The van der Waals surface area contributed by atoms with E-state index in [-0.39, 0.29) is 44.7 Å². The lowest BCUT2D eigenvalue weighted by molar-refractivity contribution is -0.184. The van der Waals surface area contributed by atoms with Gasteiger partial charge in [-0.3, -0.25) is 4.79 Å². The molecule has 2 rings (SSSR count). The molecule has 9 heteroatoms. The molecule has 1 heterocycles. The van der Waals surface area contributed by atoms with E-state index in [1.165, 1.54) is 19.1 Å². The first-order valence-electron chi connectivity index (χ1n) is 8.32. The summed E-state index contributed by atoms with van der Waals surface area (Å²) in [5, 5.41) is 1.68. The number of thiophene rings is 1. The van der Waals surface area contributed by atoms with E-state index in [9.17, 15) is 22.8 Å². The van der Waals surface area contributed by atoms with Gasteiger partial charge in [-0.1, -0.05) is 0 Å². The third kappa shape index (κ3) is 4.76. The lowest BCUT2D eigenvalue weighted by Crippen LogP contribution is -2.41. The highest BCUT2D eigenvalue weighted by atomic mass is 32.1. The number of carbonyl (C=O) groups excluding carboxylic acids is 2. The molecule has 0 atom stereocenters. The zero-order valence-electron chi connectivity index (χ0n) is 14.7. The Labute approximate surface area is 154 Å². The SMILES string of the molecule is COCCN(c1ccsc1C(=O)OC)C(=O)[C@H]1CC[C@H](C(F)(F)F)CC1. The van der Waals surface area contributed by atoms with Crippen LogP contribution in [0.15, 0.2) is 11.4 Å². The van der Waals surface area contributed by atoms with E-state index in [0.29, 0.717) is 10.6 Å². The molecule has 1 aromatic heterocycles. The first kappa shape index (κ1) is 20.7. The van der Waals surface area contributed by atoms with E-state index >= 15 is 0 Å². The summed E-state index contributed by atoms with van der Waals surface area (Å²) in [4.78, 5) is 26.6. The second-order valence-electron chi connectivity index (χ2n) is 6.20. The molecular weight excluding hydrogens is 371 g/mol. The molecule has 0 radical (unpaired) electrons. The van der Waals surface area contributed by atoms with Crippen molar-refractivity contribution in [3.8, 4) is 0 Å². The van der Waals surface area contributed by atoms with Gasteiger partial charge in [-0.2, -0.15) is 13.2 Å². The molecule has 1 amide bonds. The third-order valence-electron chi connectivity index (χ3n) is 4.63. The number of esters is 1. The summed E-state index contributed by atoms with van der Waals surface area (Å²) in [5.74, 6) is -2.65. The van der Waals surface area contributed by atoms with Gasteiger partial charge in [-0.15, -0.1) is 11.3 Å². The van der Waals surface area contributed by atoms with Crippen LogP contribution < -0.4 is 4.90 Å². The summed E-state index contributed by atoms with van der Waals surface area (Å²) in [7, 11) is 2.75. The minimum absolute atomic E-state index is 0.0501. The van der Waals surface area contributed by atoms with Gasteiger partial charge in [0.1, 0.15) is 4.88 Å². The zero-order valence-corrected chi connectivity index (χ0v) is 15.5. The molecule has 1 saturated carbocycles. The van der Waals surface area contributed by atoms with Crippen molar-refractivity contribution >= 4 is 28.9 Å². The van der Waals surface area contributed by atoms with Crippen molar-refractivity contribution in [3.63, 3.8) is 0 Å². The Morgan fingerprint density at radius 2 is 1.88 bits per heavy atom.